The van der Waals surface area contributed by atoms with Crippen LogP contribution in [0.5, 0.6) is 5.75 Å². The molecule has 3 rings (SSSR count). The van der Waals surface area contributed by atoms with Crippen molar-refractivity contribution >= 4 is 5.65 Å². The maximum Gasteiger partial charge on any atom is 0.196 e. The highest BCUT2D eigenvalue weighted by molar-refractivity contribution is 5.57. The van der Waals surface area contributed by atoms with Gasteiger partial charge in [0.05, 0.1) is 11.3 Å². The number of aliphatic hydroxyl groups excluding tert-OH is 1. The van der Waals surface area contributed by atoms with E-state index in [-0.39, 0.29) is 17.9 Å². The summed E-state index contributed by atoms with van der Waals surface area (Å²) in [6.45, 7) is 3.47. The second-order valence-electron chi connectivity index (χ2n) is 6.13. The van der Waals surface area contributed by atoms with E-state index in [1.165, 1.54) is 18.2 Å². The fourth-order valence-electron chi connectivity index (χ4n) is 2.93. The van der Waals surface area contributed by atoms with Crippen molar-refractivity contribution in [1.29, 1.82) is 0 Å². The van der Waals surface area contributed by atoms with Crippen LogP contribution in [-0.4, -0.2) is 19.6 Å². The highest BCUT2D eigenvalue weighted by Gasteiger charge is 2.20. The molecule has 0 aliphatic rings. The Bertz CT molecular complexity index is 918. The Hall–Kier alpha value is -2.51. The maximum atomic E-state index is 13.8. The van der Waals surface area contributed by atoms with Gasteiger partial charge in [-0.25, -0.2) is 13.8 Å². The minimum Gasteiger partial charge on any atom is -0.485 e. The molecule has 0 spiro atoms. The Kier molecular flexibility index (Phi) is 5.20. The topological polar surface area (TPSA) is 67.0 Å². The second kappa shape index (κ2) is 7.39. The molecule has 1 aromatic carbocycles. The fraction of sp³-hybridized carbons (Fsp3) is 0.316. The van der Waals surface area contributed by atoms with Crippen molar-refractivity contribution in [2.45, 2.75) is 39.6 Å². The summed E-state index contributed by atoms with van der Waals surface area (Å²) in [6.07, 6.45) is 1.37. The van der Waals surface area contributed by atoms with Crippen molar-refractivity contribution in [2.24, 2.45) is 0 Å². The summed E-state index contributed by atoms with van der Waals surface area (Å²) in [5.41, 5.74) is 1.81. The molecule has 138 valence electrons. The van der Waals surface area contributed by atoms with E-state index < -0.39 is 17.9 Å². The Morgan fingerprint density at radius 2 is 1.92 bits per heavy atom. The first-order chi connectivity index (χ1) is 12.4. The normalized spacial score (nSPS) is 11.5. The number of fused-ring (bicyclic) bond motifs is 1. The molecular formula is C19H20F2N2O3. The Morgan fingerprint density at radius 3 is 2.54 bits per heavy atom. The third-order valence-corrected chi connectivity index (χ3v) is 4.10. The third kappa shape index (κ3) is 3.40. The minimum atomic E-state index is -1.69. The largest absolute Gasteiger partial charge is 0.485 e. The molecule has 0 saturated carbocycles. The molecule has 7 heteroatoms. The molecule has 0 saturated heterocycles. The lowest BCUT2D eigenvalue weighted by molar-refractivity contribution is -0.0471. The summed E-state index contributed by atoms with van der Waals surface area (Å²) < 4.78 is 34.8. The number of nitrogens with zero attached hydrogens (tertiary/aromatic N) is 2. The molecule has 0 amide bonds. The van der Waals surface area contributed by atoms with Crippen molar-refractivity contribution in [2.75, 3.05) is 0 Å². The molecule has 26 heavy (non-hydrogen) atoms. The van der Waals surface area contributed by atoms with Gasteiger partial charge < -0.3 is 14.9 Å². The van der Waals surface area contributed by atoms with Gasteiger partial charge in [0.25, 0.3) is 0 Å². The summed E-state index contributed by atoms with van der Waals surface area (Å²) in [5.74, 6) is -1.05. The number of ether oxygens (including phenoxy) is 1. The molecular weight excluding hydrogens is 342 g/mol. The summed E-state index contributed by atoms with van der Waals surface area (Å²) in [7, 11) is 0. The summed E-state index contributed by atoms with van der Waals surface area (Å²) >= 11 is 0. The van der Waals surface area contributed by atoms with Gasteiger partial charge in [-0.3, -0.25) is 4.40 Å². The van der Waals surface area contributed by atoms with Crippen molar-refractivity contribution < 1.29 is 23.7 Å². The monoisotopic (exact) mass is 362 g/mol. The lowest BCUT2D eigenvalue weighted by Crippen LogP contribution is -2.06. The van der Waals surface area contributed by atoms with E-state index in [4.69, 9.17) is 4.74 Å². The molecule has 0 fully saturated rings. The summed E-state index contributed by atoms with van der Waals surface area (Å²) in [4.78, 5) is 4.45. The van der Waals surface area contributed by atoms with Gasteiger partial charge in [-0.15, -0.1) is 0 Å². The average Bonchev–Trinajstić information content (AvgIpc) is 2.92. The van der Waals surface area contributed by atoms with Gasteiger partial charge >= 0.3 is 0 Å². The molecule has 2 aromatic heterocycles. The predicted octanol–water partition coefficient (Wildman–Crippen LogP) is 3.44. The molecule has 2 N–H and O–H groups in total. The van der Waals surface area contributed by atoms with Crippen LogP contribution in [0.25, 0.3) is 5.65 Å². The molecule has 0 bridgehead atoms. The number of hydrogen-bond donors (Lipinski definition) is 2. The van der Waals surface area contributed by atoms with Crippen LogP contribution in [0.1, 0.15) is 42.1 Å². The van der Waals surface area contributed by atoms with E-state index in [1.807, 2.05) is 13.8 Å². The van der Waals surface area contributed by atoms with Crippen molar-refractivity contribution in [3.63, 3.8) is 0 Å². The number of benzene rings is 1. The zero-order valence-electron chi connectivity index (χ0n) is 14.5. The van der Waals surface area contributed by atoms with Gasteiger partial charge in [0.2, 0.25) is 0 Å². The fourth-order valence-corrected chi connectivity index (χ4v) is 2.93. The third-order valence-electron chi connectivity index (χ3n) is 4.10. The zero-order chi connectivity index (χ0) is 18.8. The van der Waals surface area contributed by atoms with Gasteiger partial charge in [-0.05, 0) is 37.1 Å². The van der Waals surface area contributed by atoms with E-state index in [0.29, 0.717) is 23.5 Å². The van der Waals surface area contributed by atoms with E-state index in [9.17, 15) is 19.0 Å². The quantitative estimate of drug-likeness (QED) is 0.659. The van der Waals surface area contributed by atoms with Gasteiger partial charge in [0, 0.05) is 6.20 Å². The molecule has 0 unspecified atom stereocenters. The van der Waals surface area contributed by atoms with Gasteiger partial charge in [-0.2, -0.15) is 0 Å². The van der Waals surface area contributed by atoms with E-state index >= 15 is 0 Å². The van der Waals surface area contributed by atoms with Crippen molar-refractivity contribution in [1.82, 2.24) is 9.38 Å². The zero-order valence-corrected chi connectivity index (χ0v) is 14.5. The predicted molar refractivity (Wildman–Crippen MR) is 91.8 cm³/mol. The molecule has 2 heterocycles. The van der Waals surface area contributed by atoms with E-state index in [1.54, 1.807) is 16.7 Å². The highest BCUT2D eigenvalue weighted by Crippen LogP contribution is 2.28. The van der Waals surface area contributed by atoms with E-state index in [2.05, 4.69) is 4.98 Å². The van der Waals surface area contributed by atoms with Gasteiger partial charge in [0.15, 0.2) is 17.7 Å². The molecule has 0 aliphatic carbocycles. The minimum absolute atomic E-state index is 0.171. The summed E-state index contributed by atoms with van der Waals surface area (Å²) in [5, 5.41) is 19.5. The van der Waals surface area contributed by atoms with Crippen LogP contribution in [-0.2, 0) is 13.0 Å². The van der Waals surface area contributed by atoms with Crippen LogP contribution in [0.4, 0.5) is 8.78 Å². The van der Waals surface area contributed by atoms with Gasteiger partial charge in [0.1, 0.15) is 23.9 Å². The number of hydrogen-bond acceptors (Lipinski definition) is 4. The first-order valence-electron chi connectivity index (χ1n) is 8.35. The molecule has 5 nitrogen and oxygen atoms in total. The Balaban J connectivity index is 2.04. The second-order valence-corrected chi connectivity index (χ2v) is 6.13. The molecule has 0 atom stereocenters. The van der Waals surface area contributed by atoms with Crippen LogP contribution in [0.15, 0.2) is 30.5 Å². The van der Waals surface area contributed by atoms with Crippen molar-refractivity contribution in [3.8, 4) is 5.75 Å². The lowest BCUT2D eigenvalue weighted by atomic mass is 10.2. The average molecular weight is 362 g/mol. The van der Waals surface area contributed by atoms with Gasteiger partial charge in [-0.1, -0.05) is 19.4 Å². The SMILES string of the molecule is CCCc1nc2c(OCc3c(F)cccc3F)cc(C)cn2c1C(O)O. The first-order valence-corrected chi connectivity index (χ1v) is 8.35. The molecule has 0 radical (unpaired) electrons. The Labute approximate surface area is 149 Å². The van der Waals surface area contributed by atoms with Crippen LogP contribution in [0, 0.1) is 18.6 Å². The number of imidazole rings is 1. The maximum absolute atomic E-state index is 13.8. The van der Waals surface area contributed by atoms with Crippen molar-refractivity contribution in [3.05, 3.63) is 64.6 Å². The lowest BCUT2D eigenvalue weighted by Gasteiger charge is -2.11. The number of pyridine rings is 1. The van der Waals surface area contributed by atoms with E-state index in [0.717, 1.165) is 12.0 Å². The molecule has 3 aromatic rings. The van der Waals surface area contributed by atoms with Crippen LogP contribution in [0.2, 0.25) is 0 Å². The number of aliphatic hydroxyl groups is 2. The number of aromatic nitrogens is 2. The Morgan fingerprint density at radius 1 is 1.23 bits per heavy atom. The standard InChI is InChI=1S/C19H20F2N2O3/c1-3-5-15-17(19(24)25)23-9-11(2)8-16(18(23)22-15)26-10-12-13(20)6-4-7-14(12)21/h4,6-9,19,24-25H,3,5,10H2,1-2H3. The first kappa shape index (κ1) is 18.3. The smallest absolute Gasteiger partial charge is 0.196 e. The van der Waals surface area contributed by atoms with Crippen LogP contribution in [0.3, 0.4) is 0 Å². The number of rotatable bonds is 6. The molecule has 0 aliphatic heterocycles. The highest BCUT2D eigenvalue weighted by atomic mass is 19.1. The summed E-state index contributed by atoms with van der Waals surface area (Å²) in [6, 6.07) is 5.33. The van der Waals surface area contributed by atoms with Crippen LogP contribution >= 0.6 is 0 Å². The number of halogens is 2. The van der Waals surface area contributed by atoms with Crippen LogP contribution < -0.4 is 4.74 Å². The number of aryl methyl sites for hydroxylation is 2.